The van der Waals surface area contributed by atoms with E-state index in [2.05, 4.69) is 21.3 Å². The molecule has 188 valence electrons. The average molecular weight is 498 g/mol. The summed E-state index contributed by atoms with van der Waals surface area (Å²) >= 11 is 0. The number of piperazine rings is 1. The molecule has 3 heterocycles. The Balaban J connectivity index is 1.13. The van der Waals surface area contributed by atoms with Crippen LogP contribution in [0.4, 0.5) is 11.6 Å². The Bertz CT molecular complexity index is 1350. The molecule has 9 nitrogen and oxygen atoms in total. The van der Waals surface area contributed by atoms with E-state index in [1.165, 1.54) is 6.26 Å². The van der Waals surface area contributed by atoms with E-state index < -0.39 is 0 Å². The molecule has 1 aliphatic rings. The van der Waals surface area contributed by atoms with Crippen LogP contribution in [0.3, 0.4) is 0 Å². The summed E-state index contributed by atoms with van der Waals surface area (Å²) in [7, 11) is 0. The Labute approximate surface area is 214 Å². The Morgan fingerprint density at radius 1 is 1.08 bits per heavy atom. The molecule has 2 aromatic carbocycles. The van der Waals surface area contributed by atoms with E-state index >= 15 is 0 Å². The predicted octanol–water partition coefficient (Wildman–Crippen LogP) is 4.53. The number of aromatic nitrogens is 1. The van der Waals surface area contributed by atoms with Gasteiger partial charge < -0.3 is 23.8 Å². The molecule has 37 heavy (non-hydrogen) atoms. The van der Waals surface area contributed by atoms with Crippen molar-refractivity contribution in [2.75, 3.05) is 36.4 Å². The van der Waals surface area contributed by atoms with Gasteiger partial charge in [-0.05, 0) is 48.9 Å². The molecule has 1 fully saturated rings. The fourth-order valence-corrected chi connectivity index (χ4v) is 4.21. The molecule has 0 radical (unpaired) electrons. The van der Waals surface area contributed by atoms with Crippen molar-refractivity contribution in [3.05, 3.63) is 84.3 Å². The van der Waals surface area contributed by atoms with E-state index in [0.29, 0.717) is 50.1 Å². The Morgan fingerprint density at radius 2 is 1.84 bits per heavy atom. The second kappa shape index (κ2) is 11.0. The van der Waals surface area contributed by atoms with Crippen LogP contribution in [0.1, 0.15) is 18.2 Å². The van der Waals surface area contributed by atoms with Gasteiger partial charge in [-0.25, -0.2) is 0 Å². The number of furan rings is 1. The molecule has 0 aliphatic carbocycles. The van der Waals surface area contributed by atoms with Gasteiger partial charge in [-0.15, -0.1) is 0 Å². The van der Waals surface area contributed by atoms with E-state index in [1.54, 1.807) is 12.1 Å². The number of anilines is 2. The standard InChI is InChI=1S/C28H27N5O4/c1-20(26(34)30-22-9-11-23(12-10-22)36-19-21-6-3-2-4-7-21)32-13-15-33(16-14-32)28-24(18-29)31-27(37-28)25-8-5-17-35-25/h2-12,17,20H,13-16,19H2,1H3,(H,30,34)/t20-/m1/s1. The van der Waals surface area contributed by atoms with Crippen molar-refractivity contribution in [2.45, 2.75) is 19.6 Å². The normalized spacial score (nSPS) is 14.6. The van der Waals surface area contributed by atoms with Crippen molar-refractivity contribution in [3.8, 4) is 23.5 Å². The van der Waals surface area contributed by atoms with Crippen LogP contribution in [0.15, 0.2) is 81.8 Å². The summed E-state index contributed by atoms with van der Waals surface area (Å²) in [6, 6.07) is 22.6. The van der Waals surface area contributed by atoms with Crippen LogP contribution in [-0.2, 0) is 11.4 Å². The lowest BCUT2D eigenvalue weighted by Gasteiger charge is -2.37. The van der Waals surface area contributed by atoms with Crippen molar-refractivity contribution >= 4 is 17.5 Å². The van der Waals surface area contributed by atoms with Crippen molar-refractivity contribution < 1.29 is 18.4 Å². The van der Waals surface area contributed by atoms with Gasteiger partial charge in [0.05, 0.1) is 12.3 Å². The molecule has 5 rings (SSSR count). The number of nitrogens with zero attached hydrogens (tertiary/aromatic N) is 4. The second-order valence-electron chi connectivity index (χ2n) is 8.75. The van der Waals surface area contributed by atoms with Gasteiger partial charge in [0.15, 0.2) is 5.76 Å². The molecule has 1 N–H and O–H groups in total. The van der Waals surface area contributed by atoms with Gasteiger partial charge in [0.1, 0.15) is 18.4 Å². The highest BCUT2D eigenvalue weighted by atomic mass is 16.5. The first-order valence-corrected chi connectivity index (χ1v) is 12.1. The van der Waals surface area contributed by atoms with Gasteiger partial charge >= 0.3 is 0 Å². The number of carbonyl (C=O) groups excluding carboxylic acids is 1. The number of amides is 1. The number of nitriles is 1. The number of carbonyl (C=O) groups is 1. The maximum absolute atomic E-state index is 12.9. The molecule has 0 bridgehead atoms. The summed E-state index contributed by atoms with van der Waals surface area (Å²) in [6.07, 6.45) is 1.53. The van der Waals surface area contributed by atoms with Gasteiger partial charge in [-0.3, -0.25) is 9.69 Å². The van der Waals surface area contributed by atoms with E-state index in [1.807, 2.05) is 66.4 Å². The van der Waals surface area contributed by atoms with Gasteiger partial charge in [0.2, 0.25) is 17.5 Å². The smallest absolute Gasteiger partial charge is 0.266 e. The molecule has 9 heteroatoms. The van der Waals surface area contributed by atoms with Crippen LogP contribution in [0, 0.1) is 11.3 Å². The summed E-state index contributed by atoms with van der Waals surface area (Å²) in [5.74, 6) is 1.85. The van der Waals surface area contributed by atoms with Crippen LogP contribution in [-0.4, -0.2) is 48.0 Å². The van der Waals surface area contributed by atoms with Crippen LogP contribution >= 0.6 is 0 Å². The highest BCUT2D eigenvalue weighted by Gasteiger charge is 2.29. The SMILES string of the molecule is C[C@H](C(=O)Nc1ccc(OCc2ccccc2)cc1)N1CCN(c2oc(-c3ccco3)nc2C#N)CC1. The Kier molecular flexibility index (Phi) is 7.19. The number of benzene rings is 2. The maximum atomic E-state index is 12.9. The second-order valence-corrected chi connectivity index (χ2v) is 8.75. The lowest BCUT2D eigenvalue weighted by molar-refractivity contribution is -0.120. The molecule has 0 spiro atoms. The Morgan fingerprint density at radius 3 is 2.51 bits per heavy atom. The molecule has 0 unspecified atom stereocenters. The number of hydrogen-bond donors (Lipinski definition) is 1. The number of nitrogens with one attached hydrogen (secondary N) is 1. The van der Waals surface area contributed by atoms with E-state index in [-0.39, 0.29) is 23.5 Å². The number of oxazole rings is 1. The summed E-state index contributed by atoms with van der Waals surface area (Å²) in [6.45, 7) is 4.88. The highest BCUT2D eigenvalue weighted by Crippen LogP contribution is 2.29. The number of rotatable bonds is 8. The maximum Gasteiger partial charge on any atom is 0.266 e. The molecular formula is C28H27N5O4. The molecule has 1 atom stereocenters. The predicted molar refractivity (Wildman–Crippen MR) is 138 cm³/mol. The minimum absolute atomic E-state index is 0.0797. The van der Waals surface area contributed by atoms with Crippen molar-refractivity contribution in [3.63, 3.8) is 0 Å². The van der Waals surface area contributed by atoms with Crippen LogP contribution in [0.5, 0.6) is 5.75 Å². The van der Waals surface area contributed by atoms with Gasteiger partial charge in [0, 0.05) is 31.9 Å². The number of hydrogen-bond acceptors (Lipinski definition) is 8. The molecule has 1 aliphatic heterocycles. The molecule has 2 aromatic heterocycles. The minimum Gasteiger partial charge on any atom is -0.489 e. The summed E-state index contributed by atoms with van der Waals surface area (Å²) in [4.78, 5) is 21.3. The fourth-order valence-electron chi connectivity index (χ4n) is 4.21. The monoisotopic (exact) mass is 497 g/mol. The first kappa shape index (κ1) is 24.2. The van der Waals surface area contributed by atoms with Crippen LogP contribution in [0.2, 0.25) is 0 Å². The zero-order valence-corrected chi connectivity index (χ0v) is 20.5. The highest BCUT2D eigenvalue weighted by molar-refractivity contribution is 5.94. The number of ether oxygens (including phenoxy) is 1. The third-order valence-corrected chi connectivity index (χ3v) is 6.35. The van der Waals surface area contributed by atoms with Crippen molar-refractivity contribution in [1.29, 1.82) is 5.26 Å². The van der Waals surface area contributed by atoms with Crippen LogP contribution < -0.4 is 15.0 Å². The third-order valence-electron chi connectivity index (χ3n) is 6.35. The summed E-state index contributed by atoms with van der Waals surface area (Å²) < 4.78 is 17.0. The largest absolute Gasteiger partial charge is 0.489 e. The van der Waals surface area contributed by atoms with Gasteiger partial charge in [-0.1, -0.05) is 30.3 Å². The summed E-state index contributed by atoms with van der Waals surface area (Å²) in [5.41, 5.74) is 2.04. The van der Waals surface area contributed by atoms with Crippen molar-refractivity contribution in [1.82, 2.24) is 9.88 Å². The van der Waals surface area contributed by atoms with Gasteiger partial charge in [-0.2, -0.15) is 10.2 Å². The third kappa shape index (κ3) is 5.66. The lowest BCUT2D eigenvalue weighted by atomic mass is 10.2. The molecule has 1 saturated heterocycles. The lowest BCUT2D eigenvalue weighted by Crippen LogP contribution is -2.52. The molecule has 1 amide bonds. The van der Waals surface area contributed by atoms with E-state index in [9.17, 15) is 10.1 Å². The first-order valence-electron chi connectivity index (χ1n) is 12.1. The van der Waals surface area contributed by atoms with Crippen LogP contribution in [0.25, 0.3) is 11.7 Å². The minimum atomic E-state index is -0.319. The zero-order chi connectivity index (χ0) is 25.6. The van der Waals surface area contributed by atoms with E-state index in [0.717, 1.165) is 11.3 Å². The van der Waals surface area contributed by atoms with E-state index in [4.69, 9.17) is 13.6 Å². The Hall–Kier alpha value is -4.55. The average Bonchev–Trinajstić information content (AvgIpc) is 3.63. The first-order chi connectivity index (χ1) is 18.1. The summed E-state index contributed by atoms with van der Waals surface area (Å²) in [5, 5.41) is 12.5. The zero-order valence-electron chi connectivity index (χ0n) is 20.5. The topological polar surface area (TPSA) is 108 Å². The molecule has 0 saturated carbocycles. The fraction of sp³-hybridized carbons (Fsp3) is 0.250. The molecular weight excluding hydrogens is 470 g/mol. The van der Waals surface area contributed by atoms with Gasteiger partial charge in [0.25, 0.3) is 5.89 Å². The quantitative estimate of drug-likeness (QED) is 0.378. The van der Waals surface area contributed by atoms with Crippen molar-refractivity contribution in [2.24, 2.45) is 0 Å². The molecule has 4 aromatic rings.